The number of nitrogens with zero attached hydrogens (tertiary/aromatic N) is 1. The van der Waals surface area contributed by atoms with Crippen molar-refractivity contribution in [3.05, 3.63) is 50.6 Å². The van der Waals surface area contributed by atoms with Gasteiger partial charge in [-0.05, 0) is 31.2 Å². The van der Waals surface area contributed by atoms with Crippen LogP contribution in [0.4, 0.5) is 0 Å². The molecule has 1 heterocycles. The maximum absolute atomic E-state index is 12.2. The monoisotopic (exact) mass is 343 g/mol. The summed E-state index contributed by atoms with van der Waals surface area (Å²) >= 11 is 13.4. The Kier molecular flexibility index (Phi) is 5.91. The van der Waals surface area contributed by atoms with Gasteiger partial charge in [0, 0.05) is 11.4 Å². The van der Waals surface area contributed by atoms with Crippen LogP contribution in [0.3, 0.4) is 0 Å². The highest BCUT2D eigenvalue weighted by Gasteiger charge is 2.14. The van der Waals surface area contributed by atoms with Crippen LogP contribution in [0.1, 0.15) is 11.8 Å². The molecule has 0 fully saturated rings. The molecule has 0 aliphatic carbocycles. The second-order valence-corrected chi connectivity index (χ2v) is 6.54. The number of hydrogen-bond acceptors (Lipinski definition) is 3. The maximum Gasteiger partial charge on any atom is 0.260 e. The highest BCUT2D eigenvalue weighted by atomic mass is 35.5. The van der Waals surface area contributed by atoms with Gasteiger partial charge in [0.1, 0.15) is 5.75 Å². The van der Waals surface area contributed by atoms with Gasteiger partial charge in [-0.2, -0.15) is 0 Å². The Labute approximate surface area is 138 Å². The second kappa shape index (κ2) is 7.69. The molecule has 0 atom stereocenters. The molecule has 6 heteroatoms. The number of ether oxygens (including phenoxy) is 1. The molecule has 0 aliphatic heterocycles. The zero-order valence-electron chi connectivity index (χ0n) is 11.5. The molecule has 0 saturated carbocycles. The third-order valence-electron chi connectivity index (χ3n) is 2.90. The third-order valence-corrected chi connectivity index (χ3v) is 4.43. The lowest BCUT2D eigenvalue weighted by atomic mass is 10.3. The van der Waals surface area contributed by atoms with E-state index in [1.807, 2.05) is 31.2 Å². The van der Waals surface area contributed by atoms with Crippen LogP contribution in [0.25, 0.3) is 0 Å². The van der Waals surface area contributed by atoms with E-state index < -0.39 is 0 Å². The molecule has 2 rings (SSSR count). The van der Waals surface area contributed by atoms with E-state index in [0.29, 0.717) is 23.9 Å². The number of benzene rings is 1. The molecule has 1 amide bonds. The van der Waals surface area contributed by atoms with Crippen LogP contribution in [0.15, 0.2) is 36.4 Å². The first-order valence-corrected chi connectivity index (χ1v) is 8.06. The summed E-state index contributed by atoms with van der Waals surface area (Å²) in [7, 11) is 0. The minimum Gasteiger partial charge on any atom is -0.482 e. The van der Waals surface area contributed by atoms with Crippen LogP contribution in [0, 0.1) is 0 Å². The predicted octanol–water partition coefficient (Wildman–Crippen LogP) is 4.48. The zero-order valence-corrected chi connectivity index (χ0v) is 13.8. The van der Waals surface area contributed by atoms with Gasteiger partial charge in [-0.1, -0.05) is 35.3 Å². The number of rotatable bonds is 6. The van der Waals surface area contributed by atoms with Crippen molar-refractivity contribution in [2.24, 2.45) is 0 Å². The van der Waals surface area contributed by atoms with E-state index in [4.69, 9.17) is 27.9 Å². The van der Waals surface area contributed by atoms with Gasteiger partial charge in [0.2, 0.25) is 0 Å². The van der Waals surface area contributed by atoms with Crippen LogP contribution in [0.2, 0.25) is 9.36 Å². The fraction of sp³-hybridized carbons (Fsp3) is 0.267. The van der Waals surface area contributed by atoms with Crippen LogP contribution >= 0.6 is 34.5 Å². The van der Waals surface area contributed by atoms with Crippen molar-refractivity contribution in [3.63, 3.8) is 0 Å². The number of para-hydroxylation sites is 1. The van der Waals surface area contributed by atoms with E-state index in [2.05, 4.69) is 0 Å². The summed E-state index contributed by atoms with van der Waals surface area (Å²) < 4.78 is 6.20. The highest BCUT2D eigenvalue weighted by Crippen LogP contribution is 2.24. The number of carbonyl (C=O) groups is 1. The smallest absolute Gasteiger partial charge is 0.260 e. The fourth-order valence-corrected chi connectivity index (χ4v) is 3.09. The zero-order chi connectivity index (χ0) is 15.2. The van der Waals surface area contributed by atoms with Crippen molar-refractivity contribution < 1.29 is 9.53 Å². The molecule has 112 valence electrons. The quantitative estimate of drug-likeness (QED) is 0.773. The van der Waals surface area contributed by atoms with Gasteiger partial charge in [-0.3, -0.25) is 4.79 Å². The Morgan fingerprint density at radius 1 is 1.24 bits per heavy atom. The van der Waals surface area contributed by atoms with Crippen molar-refractivity contribution >= 4 is 40.4 Å². The average molecular weight is 344 g/mol. The summed E-state index contributed by atoms with van der Waals surface area (Å²) in [5, 5.41) is 0.499. The molecule has 0 radical (unpaired) electrons. The minimum absolute atomic E-state index is 0.0311. The molecule has 0 unspecified atom stereocenters. The number of likely N-dealkylation sites (N-methyl/N-ethyl adjacent to an activating group) is 1. The predicted molar refractivity (Wildman–Crippen MR) is 87.4 cm³/mol. The average Bonchev–Trinajstić information content (AvgIpc) is 2.89. The van der Waals surface area contributed by atoms with Gasteiger partial charge in [0.15, 0.2) is 6.61 Å². The molecule has 0 N–H and O–H groups in total. The summed E-state index contributed by atoms with van der Waals surface area (Å²) in [6, 6.07) is 10.9. The maximum atomic E-state index is 12.2. The SMILES string of the molecule is CCN(Cc1ccc(Cl)s1)C(=O)COc1ccccc1Cl. The van der Waals surface area contributed by atoms with Gasteiger partial charge in [-0.25, -0.2) is 0 Å². The number of amides is 1. The molecule has 0 spiro atoms. The van der Waals surface area contributed by atoms with E-state index in [0.717, 1.165) is 9.21 Å². The topological polar surface area (TPSA) is 29.5 Å². The second-order valence-electron chi connectivity index (χ2n) is 4.33. The summed E-state index contributed by atoms with van der Waals surface area (Å²) in [6.45, 7) is 3.05. The molecular formula is C15H15Cl2NO2S. The third kappa shape index (κ3) is 4.63. The van der Waals surface area contributed by atoms with Crippen molar-refractivity contribution in [1.82, 2.24) is 4.90 Å². The Balaban J connectivity index is 1.93. The highest BCUT2D eigenvalue weighted by molar-refractivity contribution is 7.16. The lowest BCUT2D eigenvalue weighted by Gasteiger charge is -2.20. The molecule has 0 bridgehead atoms. The lowest BCUT2D eigenvalue weighted by molar-refractivity contribution is -0.133. The van der Waals surface area contributed by atoms with Crippen molar-refractivity contribution in [1.29, 1.82) is 0 Å². The van der Waals surface area contributed by atoms with Gasteiger partial charge in [0.25, 0.3) is 5.91 Å². The van der Waals surface area contributed by atoms with Crippen LogP contribution in [-0.2, 0) is 11.3 Å². The number of hydrogen-bond donors (Lipinski definition) is 0. The first-order chi connectivity index (χ1) is 10.1. The van der Waals surface area contributed by atoms with Gasteiger partial charge in [0.05, 0.1) is 15.9 Å². The van der Waals surface area contributed by atoms with Crippen molar-refractivity contribution in [2.45, 2.75) is 13.5 Å². The standard InChI is InChI=1S/C15H15Cl2NO2S/c1-2-18(9-11-7-8-14(17)21-11)15(19)10-20-13-6-4-3-5-12(13)16/h3-8H,2,9-10H2,1H3. The Morgan fingerprint density at radius 3 is 2.62 bits per heavy atom. The molecule has 3 nitrogen and oxygen atoms in total. The first kappa shape index (κ1) is 16.1. The first-order valence-electron chi connectivity index (χ1n) is 6.49. The molecule has 1 aromatic heterocycles. The van der Waals surface area contributed by atoms with Gasteiger partial charge < -0.3 is 9.64 Å². The summed E-state index contributed by atoms with van der Waals surface area (Å²) in [5.41, 5.74) is 0. The van der Waals surface area contributed by atoms with Crippen LogP contribution in [0.5, 0.6) is 5.75 Å². The van der Waals surface area contributed by atoms with Gasteiger partial charge >= 0.3 is 0 Å². The van der Waals surface area contributed by atoms with Gasteiger partial charge in [-0.15, -0.1) is 11.3 Å². The van der Waals surface area contributed by atoms with Crippen LogP contribution < -0.4 is 4.74 Å². The molecule has 1 aromatic carbocycles. The largest absolute Gasteiger partial charge is 0.482 e. The van der Waals surface area contributed by atoms with E-state index in [1.165, 1.54) is 11.3 Å². The minimum atomic E-state index is -0.0815. The normalized spacial score (nSPS) is 10.4. The molecule has 0 saturated heterocycles. The molecular weight excluding hydrogens is 329 g/mol. The lowest BCUT2D eigenvalue weighted by Crippen LogP contribution is -2.34. The number of carbonyl (C=O) groups excluding carboxylic acids is 1. The summed E-state index contributed by atoms with van der Waals surface area (Å²) in [4.78, 5) is 15.0. The van der Waals surface area contributed by atoms with Crippen molar-refractivity contribution in [3.8, 4) is 5.75 Å². The molecule has 21 heavy (non-hydrogen) atoms. The Bertz CT molecular complexity index is 615. The number of thiophene rings is 1. The summed E-state index contributed by atoms with van der Waals surface area (Å²) in [6.07, 6.45) is 0. The Morgan fingerprint density at radius 2 is 2.00 bits per heavy atom. The van der Waals surface area contributed by atoms with Crippen LogP contribution in [-0.4, -0.2) is 24.0 Å². The van der Waals surface area contributed by atoms with E-state index >= 15 is 0 Å². The van der Waals surface area contributed by atoms with Crippen molar-refractivity contribution in [2.75, 3.05) is 13.2 Å². The molecule has 0 aliphatic rings. The summed E-state index contributed by atoms with van der Waals surface area (Å²) in [5.74, 6) is 0.435. The molecule has 2 aromatic rings. The Hall–Kier alpha value is -1.23. The number of halogens is 2. The van der Waals surface area contributed by atoms with E-state index in [-0.39, 0.29) is 12.5 Å². The fourth-order valence-electron chi connectivity index (χ4n) is 1.79. The van der Waals surface area contributed by atoms with E-state index in [9.17, 15) is 4.79 Å². The van der Waals surface area contributed by atoms with E-state index in [1.54, 1.807) is 17.0 Å².